The zero-order valence-electron chi connectivity index (χ0n) is 11.7. The summed E-state index contributed by atoms with van der Waals surface area (Å²) in [5, 5.41) is 56.1. The van der Waals surface area contributed by atoms with Crippen molar-refractivity contribution in [1.29, 1.82) is 0 Å². The molecule has 2 unspecified atom stereocenters. The number of aromatic nitrogens is 2. The number of rotatable bonds is 7. The van der Waals surface area contributed by atoms with E-state index in [9.17, 15) is 40.2 Å². The molecule has 0 aliphatic heterocycles. The maximum absolute atomic E-state index is 11.7. The highest BCUT2D eigenvalue weighted by Crippen LogP contribution is 2.20. The first kappa shape index (κ1) is 17.0. The van der Waals surface area contributed by atoms with E-state index in [1.807, 2.05) is 0 Å². The molecule has 24 heavy (non-hydrogen) atoms. The van der Waals surface area contributed by atoms with Gasteiger partial charge in [0.1, 0.15) is 0 Å². The van der Waals surface area contributed by atoms with Gasteiger partial charge in [0.05, 0.1) is 0 Å². The lowest BCUT2D eigenvalue weighted by molar-refractivity contribution is -0.179. The zero-order valence-corrected chi connectivity index (χ0v) is 11.7. The fourth-order valence-electron chi connectivity index (χ4n) is 1.56. The number of carbonyl (C=O) groups excluding carboxylic acids is 2. The number of ketones is 2. The average molecular weight is 344 g/mol. The van der Waals surface area contributed by atoms with Crippen LogP contribution in [0, 0.1) is 0 Å². The first-order valence-electron chi connectivity index (χ1n) is 6.20. The smallest absolute Gasteiger partial charge is 0.290 e. The molecule has 0 radical (unpaired) electrons. The molecule has 6 N–H and O–H groups in total. The van der Waals surface area contributed by atoms with E-state index in [1.165, 1.54) is 0 Å². The summed E-state index contributed by atoms with van der Waals surface area (Å²) in [5.41, 5.74) is 0. The Bertz CT molecular complexity index is 661. The first-order chi connectivity index (χ1) is 11.2. The Morgan fingerprint density at radius 2 is 0.958 bits per heavy atom. The van der Waals surface area contributed by atoms with Crippen molar-refractivity contribution in [2.45, 2.75) is 12.6 Å². The van der Waals surface area contributed by atoms with Gasteiger partial charge in [-0.2, -0.15) is 0 Å². The molecule has 2 atom stereocenters. The minimum atomic E-state index is -2.49. The van der Waals surface area contributed by atoms with Crippen molar-refractivity contribution in [2.75, 3.05) is 0 Å². The van der Waals surface area contributed by atoms with Crippen LogP contribution < -0.4 is 9.68 Å². The molecule has 0 aromatic carbocycles. The third-order valence-corrected chi connectivity index (χ3v) is 2.70. The summed E-state index contributed by atoms with van der Waals surface area (Å²) in [5.74, 6) is -6.09. The molecule has 2 rings (SSSR count). The summed E-state index contributed by atoms with van der Waals surface area (Å²) in [6.07, 6.45) is -4.99. The Balaban J connectivity index is 2.04. The van der Waals surface area contributed by atoms with Crippen LogP contribution in [0.3, 0.4) is 0 Å². The molecule has 2 aromatic heterocycles. The fraction of sp³-hybridized carbons (Fsp3) is 0.167. The molecule has 0 amide bonds. The highest BCUT2D eigenvalue weighted by Gasteiger charge is 2.34. The monoisotopic (exact) mass is 344 g/mol. The topological polar surface area (TPSA) is 184 Å². The molecular weight excluding hydrogens is 332 g/mol. The molecule has 0 bridgehead atoms. The Hall–Kier alpha value is -3.38. The summed E-state index contributed by atoms with van der Waals surface area (Å²) in [7, 11) is 0. The van der Waals surface area contributed by atoms with Gasteiger partial charge in [-0.15, -0.1) is 9.46 Å². The van der Waals surface area contributed by atoms with Gasteiger partial charge in [-0.3, -0.25) is 9.59 Å². The van der Waals surface area contributed by atoms with Gasteiger partial charge in [0.2, 0.25) is 23.5 Å². The van der Waals surface area contributed by atoms with Crippen LogP contribution in [0.4, 0.5) is 0 Å². The molecule has 12 heteroatoms. The van der Waals surface area contributed by atoms with Gasteiger partial charge >= 0.3 is 0 Å². The highest BCUT2D eigenvalue weighted by atomic mass is 16.8. The van der Waals surface area contributed by atoms with Crippen LogP contribution in [0.5, 0.6) is 23.5 Å². The summed E-state index contributed by atoms with van der Waals surface area (Å²) in [6.45, 7) is 0. The van der Waals surface area contributed by atoms with Gasteiger partial charge in [0.15, 0.2) is 0 Å². The third kappa shape index (κ3) is 3.18. The standard InChI is InChI=1S/C12H12N2O10/c15-5-1-2-6(16)13(5)23-11(21)9(19)10(20)12(22)24-14-7(17)3-4-8(14)18/h1-4,11-12,15-18,21-22H. The van der Waals surface area contributed by atoms with E-state index < -0.39 is 47.7 Å². The van der Waals surface area contributed by atoms with Gasteiger partial charge < -0.3 is 40.3 Å². The van der Waals surface area contributed by atoms with Crippen molar-refractivity contribution in [2.24, 2.45) is 0 Å². The van der Waals surface area contributed by atoms with E-state index in [0.29, 0.717) is 0 Å². The minimum Gasteiger partial charge on any atom is -0.492 e. The number of hydrogen-bond donors (Lipinski definition) is 6. The zero-order chi connectivity index (χ0) is 18.0. The predicted octanol–water partition coefficient (Wildman–Crippen LogP) is -2.56. The molecule has 0 saturated heterocycles. The third-order valence-electron chi connectivity index (χ3n) is 2.70. The highest BCUT2D eigenvalue weighted by molar-refractivity contribution is 6.39. The second-order valence-corrected chi connectivity index (χ2v) is 4.33. The quantitative estimate of drug-likeness (QED) is 0.231. The number of hydrogen-bond acceptors (Lipinski definition) is 10. The minimum absolute atomic E-state index is 0.257. The van der Waals surface area contributed by atoms with Gasteiger partial charge in [-0.25, -0.2) is 0 Å². The van der Waals surface area contributed by atoms with Crippen molar-refractivity contribution in [3.8, 4) is 23.5 Å². The van der Waals surface area contributed by atoms with E-state index in [1.54, 1.807) is 0 Å². The van der Waals surface area contributed by atoms with Crippen molar-refractivity contribution < 1.29 is 49.9 Å². The number of aliphatic hydroxyl groups excluding tert-OH is 2. The van der Waals surface area contributed by atoms with Crippen LogP contribution in [0.2, 0.25) is 0 Å². The molecular formula is C12H12N2O10. The first-order valence-corrected chi connectivity index (χ1v) is 6.20. The number of aromatic hydroxyl groups is 4. The van der Waals surface area contributed by atoms with Crippen molar-refractivity contribution in [3.05, 3.63) is 24.3 Å². The van der Waals surface area contributed by atoms with E-state index in [2.05, 4.69) is 9.68 Å². The van der Waals surface area contributed by atoms with E-state index >= 15 is 0 Å². The molecule has 0 fully saturated rings. The molecule has 0 saturated carbocycles. The summed E-state index contributed by atoms with van der Waals surface area (Å²) >= 11 is 0. The van der Waals surface area contributed by atoms with Crippen LogP contribution >= 0.6 is 0 Å². The summed E-state index contributed by atoms with van der Waals surface area (Å²) in [4.78, 5) is 32.2. The Kier molecular flexibility index (Phi) is 4.52. The van der Waals surface area contributed by atoms with E-state index in [-0.39, 0.29) is 9.46 Å². The number of carbonyl (C=O) groups is 2. The van der Waals surface area contributed by atoms with Crippen LogP contribution in [0.1, 0.15) is 0 Å². The molecule has 130 valence electrons. The molecule has 0 aliphatic rings. The lowest BCUT2D eigenvalue weighted by Crippen LogP contribution is -2.44. The van der Waals surface area contributed by atoms with E-state index in [0.717, 1.165) is 24.3 Å². The SMILES string of the molecule is O=C(C(=O)C(O)On1c(O)ccc1O)C(O)On1c(O)ccc1O. The van der Waals surface area contributed by atoms with E-state index in [4.69, 9.17) is 0 Å². The van der Waals surface area contributed by atoms with Crippen molar-refractivity contribution in [1.82, 2.24) is 9.46 Å². The van der Waals surface area contributed by atoms with Crippen LogP contribution in [-0.2, 0) is 9.59 Å². The molecule has 0 spiro atoms. The second kappa shape index (κ2) is 6.39. The lowest BCUT2D eigenvalue weighted by atomic mass is 10.2. The molecule has 12 nitrogen and oxygen atoms in total. The van der Waals surface area contributed by atoms with Crippen molar-refractivity contribution in [3.63, 3.8) is 0 Å². The predicted molar refractivity (Wildman–Crippen MR) is 70.7 cm³/mol. The number of Topliss-reactive ketones (excluding diaryl/α,β-unsaturated/α-hetero) is 2. The number of aliphatic hydroxyl groups is 2. The van der Waals surface area contributed by atoms with Crippen molar-refractivity contribution >= 4 is 11.6 Å². The molecule has 2 aromatic rings. The fourth-order valence-corrected chi connectivity index (χ4v) is 1.56. The Morgan fingerprint density at radius 1 is 0.708 bits per heavy atom. The van der Waals surface area contributed by atoms with Crippen LogP contribution in [-0.4, -0.2) is 64.2 Å². The maximum Gasteiger partial charge on any atom is 0.290 e. The Morgan fingerprint density at radius 3 is 1.21 bits per heavy atom. The summed E-state index contributed by atoms with van der Waals surface area (Å²) < 4.78 is 0.513. The number of nitrogens with zero attached hydrogens (tertiary/aromatic N) is 2. The second-order valence-electron chi connectivity index (χ2n) is 4.33. The van der Waals surface area contributed by atoms with Crippen LogP contribution in [0.25, 0.3) is 0 Å². The normalized spacial score (nSPS) is 13.2. The maximum atomic E-state index is 11.7. The average Bonchev–Trinajstić information content (AvgIpc) is 3.03. The summed E-state index contributed by atoms with van der Waals surface area (Å²) in [6, 6.07) is 3.90. The van der Waals surface area contributed by atoms with Gasteiger partial charge in [-0.1, -0.05) is 0 Å². The molecule has 2 heterocycles. The van der Waals surface area contributed by atoms with Gasteiger partial charge in [0, 0.05) is 24.3 Å². The van der Waals surface area contributed by atoms with Gasteiger partial charge in [-0.05, 0) is 0 Å². The molecule has 0 aliphatic carbocycles. The largest absolute Gasteiger partial charge is 0.492 e. The Labute approximate surface area is 132 Å². The van der Waals surface area contributed by atoms with Gasteiger partial charge in [0.25, 0.3) is 24.1 Å². The lowest BCUT2D eigenvalue weighted by Gasteiger charge is -2.16. The van der Waals surface area contributed by atoms with Crippen LogP contribution in [0.15, 0.2) is 24.3 Å².